The van der Waals surface area contributed by atoms with E-state index in [9.17, 15) is 9.59 Å². The Morgan fingerprint density at radius 3 is 2.62 bits per heavy atom. The maximum Gasteiger partial charge on any atom is 0.245 e. The molecule has 0 radical (unpaired) electrons. The summed E-state index contributed by atoms with van der Waals surface area (Å²) >= 11 is 0. The summed E-state index contributed by atoms with van der Waals surface area (Å²) in [4.78, 5) is 24.1. The molecule has 4 nitrogen and oxygen atoms in total. The molecule has 1 unspecified atom stereocenters. The standard InChI is InChI=1S/C12H14N2O2/c1-14(8-9-5-3-2-4-6-9)12(16)10-7-11(15)13-10/h2-6,10H,7-8H2,1H3,(H,13,15). The quantitative estimate of drug-likeness (QED) is 0.752. The molecule has 16 heavy (non-hydrogen) atoms. The van der Waals surface area contributed by atoms with Crippen LogP contribution in [0.25, 0.3) is 0 Å². The van der Waals surface area contributed by atoms with Crippen molar-refractivity contribution < 1.29 is 9.59 Å². The van der Waals surface area contributed by atoms with E-state index in [1.54, 1.807) is 11.9 Å². The third-order valence-corrected chi connectivity index (χ3v) is 2.66. The Balaban J connectivity index is 1.91. The first-order valence-corrected chi connectivity index (χ1v) is 5.25. The van der Waals surface area contributed by atoms with E-state index in [1.165, 1.54) is 0 Å². The first-order valence-electron chi connectivity index (χ1n) is 5.25. The number of carbonyl (C=O) groups is 2. The molecule has 1 N–H and O–H groups in total. The van der Waals surface area contributed by atoms with Crippen molar-refractivity contribution in [2.75, 3.05) is 7.05 Å². The largest absolute Gasteiger partial charge is 0.344 e. The number of nitrogens with one attached hydrogen (secondary N) is 1. The van der Waals surface area contributed by atoms with Crippen molar-refractivity contribution in [3.63, 3.8) is 0 Å². The summed E-state index contributed by atoms with van der Waals surface area (Å²) in [5, 5.41) is 2.58. The Hall–Kier alpha value is -1.84. The first kappa shape index (κ1) is 10.7. The van der Waals surface area contributed by atoms with Gasteiger partial charge < -0.3 is 10.2 Å². The molecule has 2 rings (SSSR count). The van der Waals surface area contributed by atoms with E-state index in [1.807, 2.05) is 30.3 Å². The highest BCUT2D eigenvalue weighted by atomic mass is 16.2. The molecule has 0 bridgehead atoms. The van der Waals surface area contributed by atoms with Crippen molar-refractivity contribution in [3.05, 3.63) is 35.9 Å². The highest BCUT2D eigenvalue weighted by Crippen LogP contribution is 2.10. The van der Waals surface area contributed by atoms with Gasteiger partial charge in [0.1, 0.15) is 6.04 Å². The van der Waals surface area contributed by atoms with Gasteiger partial charge in [-0.1, -0.05) is 30.3 Å². The molecular weight excluding hydrogens is 204 g/mol. The van der Waals surface area contributed by atoms with Crippen molar-refractivity contribution >= 4 is 11.8 Å². The van der Waals surface area contributed by atoms with Crippen molar-refractivity contribution in [2.45, 2.75) is 19.0 Å². The van der Waals surface area contributed by atoms with Crippen molar-refractivity contribution in [3.8, 4) is 0 Å². The van der Waals surface area contributed by atoms with Gasteiger partial charge in [0.2, 0.25) is 11.8 Å². The van der Waals surface area contributed by atoms with Gasteiger partial charge in [-0.15, -0.1) is 0 Å². The maximum atomic E-state index is 11.8. The minimum absolute atomic E-state index is 0.0246. The van der Waals surface area contributed by atoms with Crippen molar-refractivity contribution in [2.24, 2.45) is 0 Å². The predicted molar refractivity (Wildman–Crippen MR) is 59.5 cm³/mol. The van der Waals surface area contributed by atoms with E-state index in [0.717, 1.165) is 5.56 Å². The lowest BCUT2D eigenvalue weighted by atomic mass is 10.0. The Kier molecular flexibility index (Phi) is 2.90. The number of likely N-dealkylation sites (N-methyl/N-ethyl adjacent to an activating group) is 1. The molecule has 1 heterocycles. The number of hydrogen-bond donors (Lipinski definition) is 1. The minimum Gasteiger partial charge on any atom is -0.344 e. The van der Waals surface area contributed by atoms with Crippen molar-refractivity contribution in [1.82, 2.24) is 10.2 Å². The zero-order valence-electron chi connectivity index (χ0n) is 9.14. The lowest BCUT2D eigenvalue weighted by Gasteiger charge is -2.30. The normalized spacial score (nSPS) is 18.6. The molecule has 1 aliphatic rings. The number of rotatable bonds is 3. The van der Waals surface area contributed by atoms with Crippen molar-refractivity contribution in [1.29, 1.82) is 0 Å². The van der Waals surface area contributed by atoms with Crippen LogP contribution in [0.3, 0.4) is 0 Å². The number of nitrogens with zero attached hydrogens (tertiary/aromatic N) is 1. The SMILES string of the molecule is CN(Cc1ccccc1)C(=O)C1CC(=O)N1. The monoisotopic (exact) mass is 218 g/mol. The Morgan fingerprint density at radius 1 is 1.44 bits per heavy atom. The summed E-state index contributed by atoms with van der Waals surface area (Å²) in [5.74, 6) is -0.0742. The van der Waals surface area contributed by atoms with E-state index >= 15 is 0 Å². The van der Waals surface area contributed by atoms with E-state index in [4.69, 9.17) is 0 Å². The van der Waals surface area contributed by atoms with Gasteiger partial charge in [-0.25, -0.2) is 0 Å². The van der Waals surface area contributed by atoms with Gasteiger partial charge in [0.25, 0.3) is 0 Å². The zero-order chi connectivity index (χ0) is 11.5. The Morgan fingerprint density at radius 2 is 2.06 bits per heavy atom. The topological polar surface area (TPSA) is 49.4 Å². The van der Waals surface area contributed by atoms with Crippen LogP contribution in [-0.4, -0.2) is 29.8 Å². The molecule has 2 amide bonds. The molecule has 1 saturated heterocycles. The first-order chi connectivity index (χ1) is 7.66. The van der Waals surface area contributed by atoms with Crippen LogP contribution in [0.1, 0.15) is 12.0 Å². The third-order valence-electron chi connectivity index (χ3n) is 2.66. The summed E-state index contributed by atoms with van der Waals surface area (Å²) < 4.78 is 0. The smallest absolute Gasteiger partial charge is 0.245 e. The van der Waals surface area contributed by atoms with Gasteiger partial charge in [-0.2, -0.15) is 0 Å². The Labute approximate surface area is 94.2 Å². The summed E-state index contributed by atoms with van der Waals surface area (Å²) in [5.41, 5.74) is 1.09. The lowest BCUT2D eigenvalue weighted by Crippen LogP contribution is -2.56. The zero-order valence-corrected chi connectivity index (χ0v) is 9.14. The second-order valence-corrected chi connectivity index (χ2v) is 4.00. The molecule has 0 aromatic heterocycles. The average Bonchev–Trinajstić information content (AvgIpc) is 2.25. The van der Waals surface area contributed by atoms with E-state index in [2.05, 4.69) is 5.32 Å². The summed E-state index contributed by atoms with van der Waals surface area (Å²) in [6, 6.07) is 9.46. The molecule has 84 valence electrons. The minimum atomic E-state index is -0.318. The fourth-order valence-electron chi connectivity index (χ4n) is 1.71. The molecule has 1 aromatic rings. The maximum absolute atomic E-state index is 11.8. The molecule has 0 spiro atoms. The van der Waals surface area contributed by atoms with Crippen LogP contribution >= 0.6 is 0 Å². The van der Waals surface area contributed by atoms with Gasteiger partial charge in [-0.05, 0) is 5.56 Å². The van der Waals surface area contributed by atoms with Crippen LogP contribution in [0.2, 0.25) is 0 Å². The van der Waals surface area contributed by atoms with Crippen LogP contribution in [0.5, 0.6) is 0 Å². The molecular formula is C12H14N2O2. The Bertz CT molecular complexity index is 395. The van der Waals surface area contributed by atoms with Gasteiger partial charge in [0.05, 0.1) is 6.42 Å². The molecule has 1 aromatic carbocycles. The fraction of sp³-hybridized carbons (Fsp3) is 0.333. The van der Waals surface area contributed by atoms with Crippen LogP contribution < -0.4 is 5.32 Å². The summed E-state index contributed by atoms with van der Waals surface area (Å²) in [7, 11) is 1.75. The third kappa shape index (κ3) is 2.21. The molecule has 1 fully saturated rings. The van der Waals surface area contributed by atoms with E-state index < -0.39 is 0 Å². The van der Waals surface area contributed by atoms with Crippen LogP contribution in [-0.2, 0) is 16.1 Å². The number of β-lactam (4-membered cyclic amide) rings is 1. The molecule has 0 aliphatic carbocycles. The average molecular weight is 218 g/mol. The number of benzene rings is 1. The van der Waals surface area contributed by atoms with E-state index in [-0.39, 0.29) is 17.9 Å². The highest BCUT2D eigenvalue weighted by Gasteiger charge is 2.33. The number of hydrogen-bond acceptors (Lipinski definition) is 2. The molecule has 0 saturated carbocycles. The number of amides is 2. The van der Waals surface area contributed by atoms with E-state index in [0.29, 0.717) is 13.0 Å². The van der Waals surface area contributed by atoms with Gasteiger partial charge in [-0.3, -0.25) is 9.59 Å². The predicted octanol–water partition coefficient (Wildman–Crippen LogP) is 0.533. The molecule has 1 aliphatic heterocycles. The summed E-state index contributed by atoms with van der Waals surface area (Å²) in [6.07, 6.45) is 0.317. The highest BCUT2D eigenvalue weighted by molar-refractivity contribution is 5.97. The summed E-state index contributed by atoms with van der Waals surface area (Å²) in [6.45, 7) is 0.575. The van der Waals surface area contributed by atoms with Crippen LogP contribution in [0.15, 0.2) is 30.3 Å². The van der Waals surface area contributed by atoms with Gasteiger partial charge in [0, 0.05) is 13.6 Å². The van der Waals surface area contributed by atoms with Crippen LogP contribution in [0.4, 0.5) is 0 Å². The second kappa shape index (κ2) is 4.35. The number of carbonyl (C=O) groups excluding carboxylic acids is 2. The second-order valence-electron chi connectivity index (χ2n) is 4.00. The lowest BCUT2D eigenvalue weighted by molar-refractivity contribution is -0.142. The fourth-order valence-corrected chi connectivity index (χ4v) is 1.71. The van der Waals surface area contributed by atoms with Crippen LogP contribution in [0, 0.1) is 0 Å². The molecule has 1 atom stereocenters. The molecule has 4 heteroatoms. The van der Waals surface area contributed by atoms with Gasteiger partial charge in [0.15, 0.2) is 0 Å². The van der Waals surface area contributed by atoms with Gasteiger partial charge >= 0.3 is 0 Å².